The van der Waals surface area contributed by atoms with Gasteiger partial charge in [-0.2, -0.15) is 0 Å². The van der Waals surface area contributed by atoms with Gasteiger partial charge in [-0.05, 0) is 35.9 Å². The molecule has 3 aromatic rings. The number of nitrogens with one attached hydrogen (secondary N) is 1. The molecule has 0 aliphatic heterocycles. The smallest absolute Gasteiger partial charge is 0.125 e. The molecule has 0 fully saturated rings. The molecule has 3 rings (SSSR count). The summed E-state index contributed by atoms with van der Waals surface area (Å²) in [6, 6.07) is 12.2. The number of nitrogens with zero attached hydrogens (tertiary/aromatic N) is 1. The molecule has 0 aliphatic carbocycles. The highest BCUT2D eigenvalue weighted by molar-refractivity contribution is 5.75. The molecule has 1 heterocycles. The van der Waals surface area contributed by atoms with Crippen LogP contribution in [0.25, 0.3) is 11.0 Å². The third-order valence-corrected chi connectivity index (χ3v) is 2.84. The van der Waals surface area contributed by atoms with Gasteiger partial charge in [-0.15, -0.1) is 0 Å². The van der Waals surface area contributed by atoms with Crippen molar-refractivity contribution in [1.29, 1.82) is 0 Å². The summed E-state index contributed by atoms with van der Waals surface area (Å²) in [5.41, 5.74) is 8.99. The Morgan fingerprint density at radius 1 is 1.11 bits per heavy atom. The van der Waals surface area contributed by atoms with Crippen LogP contribution in [0.15, 0.2) is 42.5 Å². The molecule has 0 aliphatic rings. The molecule has 0 unspecified atom stereocenters. The van der Waals surface area contributed by atoms with Crippen molar-refractivity contribution in [3.8, 4) is 0 Å². The number of imidazole rings is 1. The molecule has 0 atom stereocenters. The molecule has 90 valence electrons. The molecule has 0 radical (unpaired) electrons. The molecule has 0 saturated heterocycles. The maximum atomic E-state index is 13.1. The fourth-order valence-electron chi connectivity index (χ4n) is 1.95. The van der Waals surface area contributed by atoms with E-state index in [1.165, 1.54) is 12.1 Å². The van der Waals surface area contributed by atoms with Crippen molar-refractivity contribution in [3.63, 3.8) is 0 Å². The number of aromatic amines is 1. The lowest BCUT2D eigenvalue weighted by Crippen LogP contribution is -1.91. The van der Waals surface area contributed by atoms with Crippen LogP contribution < -0.4 is 5.73 Å². The van der Waals surface area contributed by atoms with Gasteiger partial charge in [0.15, 0.2) is 0 Å². The third kappa shape index (κ3) is 2.05. The van der Waals surface area contributed by atoms with Gasteiger partial charge < -0.3 is 10.7 Å². The van der Waals surface area contributed by atoms with Crippen LogP contribution in [0.5, 0.6) is 0 Å². The van der Waals surface area contributed by atoms with Crippen molar-refractivity contribution >= 4 is 16.7 Å². The molecule has 0 bridgehead atoms. The zero-order valence-corrected chi connectivity index (χ0v) is 9.65. The number of hydrogen-bond donors (Lipinski definition) is 2. The Morgan fingerprint density at radius 2 is 1.89 bits per heavy atom. The minimum Gasteiger partial charge on any atom is -0.399 e. The van der Waals surface area contributed by atoms with Crippen LogP contribution in [0.4, 0.5) is 10.1 Å². The Balaban J connectivity index is 1.92. The number of nitrogen functional groups attached to an aromatic ring is 1. The van der Waals surface area contributed by atoms with Crippen molar-refractivity contribution in [2.75, 3.05) is 5.73 Å². The minimum absolute atomic E-state index is 0.259. The van der Waals surface area contributed by atoms with E-state index in [1.807, 2.05) is 24.3 Å². The summed E-state index contributed by atoms with van der Waals surface area (Å²) in [7, 11) is 0. The van der Waals surface area contributed by atoms with Gasteiger partial charge in [0, 0.05) is 12.1 Å². The van der Waals surface area contributed by atoms with E-state index < -0.39 is 0 Å². The topological polar surface area (TPSA) is 54.7 Å². The number of rotatable bonds is 2. The number of halogens is 1. The standard InChI is InChI=1S/C14H12FN3/c15-10-3-6-12-13(8-10)18-14(17-12)7-9-1-4-11(16)5-2-9/h1-6,8H,7,16H2,(H,17,18). The summed E-state index contributed by atoms with van der Waals surface area (Å²) in [6.07, 6.45) is 0.677. The van der Waals surface area contributed by atoms with Gasteiger partial charge in [-0.3, -0.25) is 0 Å². The SMILES string of the molecule is Nc1ccc(Cc2nc3ccc(F)cc3[nH]2)cc1. The lowest BCUT2D eigenvalue weighted by Gasteiger charge is -1.98. The number of H-pyrrole nitrogens is 1. The van der Waals surface area contributed by atoms with Crippen molar-refractivity contribution in [3.05, 3.63) is 59.7 Å². The Bertz CT molecular complexity index is 686. The Morgan fingerprint density at radius 3 is 2.67 bits per heavy atom. The summed E-state index contributed by atoms with van der Waals surface area (Å²) in [5, 5.41) is 0. The van der Waals surface area contributed by atoms with Crippen LogP contribution in [0.2, 0.25) is 0 Å². The zero-order valence-electron chi connectivity index (χ0n) is 9.65. The number of nitrogens with two attached hydrogens (primary N) is 1. The molecule has 0 amide bonds. The highest BCUT2D eigenvalue weighted by atomic mass is 19.1. The molecular weight excluding hydrogens is 229 g/mol. The minimum atomic E-state index is -0.259. The Labute approximate surface area is 103 Å². The van der Waals surface area contributed by atoms with Gasteiger partial charge in [-0.25, -0.2) is 9.37 Å². The van der Waals surface area contributed by atoms with Crippen LogP contribution in [-0.4, -0.2) is 9.97 Å². The molecule has 4 heteroatoms. The van der Waals surface area contributed by atoms with E-state index in [9.17, 15) is 4.39 Å². The first-order chi connectivity index (χ1) is 8.70. The number of fused-ring (bicyclic) bond motifs is 1. The molecule has 1 aromatic heterocycles. The lowest BCUT2D eigenvalue weighted by molar-refractivity contribution is 0.629. The van der Waals surface area contributed by atoms with E-state index in [1.54, 1.807) is 6.07 Å². The molecular formula is C14H12FN3. The number of hydrogen-bond acceptors (Lipinski definition) is 2. The second-order valence-corrected chi connectivity index (χ2v) is 4.26. The van der Waals surface area contributed by atoms with E-state index in [-0.39, 0.29) is 5.82 Å². The van der Waals surface area contributed by atoms with E-state index in [4.69, 9.17) is 5.73 Å². The fraction of sp³-hybridized carbons (Fsp3) is 0.0714. The molecule has 0 spiro atoms. The second-order valence-electron chi connectivity index (χ2n) is 4.26. The van der Waals surface area contributed by atoms with E-state index >= 15 is 0 Å². The molecule has 18 heavy (non-hydrogen) atoms. The van der Waals surface area contributed by atoms with Crippen LogP contribution in [0.3, 0.4) is 0 Å². The largest absolute Gasteiger partial charge is 0.399 e. The van der Waals surface area contributed by atoms with Gasteiger partial charge in [0.2, 0.25) is 0 Å². The molecule has 3 nitrogen and oxygen atoms in total. The average molecular weight is 241 g/mol. The number of anilines is 1. The number of benzene rings is 2. The summed E-state index contributed by atoms with van der Waals surface area (Å²) < 4.78 is 13.1. The Hall–Kier alpha value is -2.36. The van der Waals surface area contributed by atoms with Gasteiger partial charge in [0.05, 0.1) is 11.0 Å². The van der Waals surface area contributed by atoms with Crippen LogP contribution >= 0.6 is 0 Å². The summed E-state index contributed by atoms with van der Waals surface area (Å²) in [6.45, 7) is 0. The van der Waals surface area contributed by atoms with Crippen LogP contribution in [0.1, 0.15) is 11.4 Å². The third-order valence-electron chi connectivity index (χ3n) is 2.84. The molecule has 3 N–H and O–H groups in total. The van der Waals surface area contributed by atoms with Gasteiger partial charge in [0.25, 0.3) is 0 Å². The first-order valence-electron chi connectivity index (χ1n) is 5.69. The molecule has 2 aromatic carbocycles. The predicted octanol–water partition coefficient (Wildman–Crippen LogP) is 2.88. The van der Waals surface area contributed by atoms with E-state index in [0.717, 1.165) is 28.1 Å². The van der Waals surface area contributed by atoms with Crippen molar-refractivity contribution in [2.24, 2.45) is 0 Å². The lowest BCUT2D eigenvalue weighted by atomic mass is 10.1. The summed E-state index contributed by atoms with van der Waals surface area (Å²) in [4.78, 5) is 7.54. The van der Waals surface area contributed by atoms with Crippen molar-refractivity contribution in [1.82, 2.24) is 9.97 Å². The normalized spacial score (nSPS) is 10.9. The number of aromatic nitrogens is 2. The summed E-state index contributed by atoms with van der Waals surface area (Å²) >= 11 is 0. The highest BCUT2D eigenvalue weighted by Gasteiger charge is 2.04. The van der Waals surface area contributed by atoms with Gasteiger partial charge in [0.1, 0.15) is 11.6 Å². The first-order valence-corrected chi connectivity index (χ1v) is 5.69. The van der Waals surface area contributed by atoms with Crippen LogP contribution in [-0.2, 0) is 6.42 Å². The van der Waals surface area contributed by atoms with E-state index in [0.29, 0.717) is 6.42 Å². The van der Waals surface area contributed by atoms with Crippen molar-refractivity contribution in [2.45, 2.75) is 6.42 Å². The maximum Gasteiger partial charge on any atom is 0.125 e. The Kier molecular flexibility index (Phi) is 2.48. The average Bonchev–Trinajstić information content (AvgIpc) is 2.73. The van der Waals surface area contributed by atoms with Gasteiger partial charge in [-0.1, -0.05) is 12.1 Å². The van der Waals surface area contributed by atoms with Crippen molar-refractivity contribution < 1.29 is 4.39 Å². The summed E-state index contributed by atoms with van der Waals surface area (Å²) in [5.74, 6) is 0.561. The maximum absolute atomic E-state index is 13.1. The van der Waals surface area contributed by atoms with Gasteiger partial charge >= 0.3 is 0 Å². The predicted molar refractivity (Wildman–Crippen MR) is 69.7 cm³/mol. The zero-order chi connectivity index (χ0) is 12.5. The second kappa shape index (κ2) is 4.14. The quantitative estimate of drug-likeness (QED) is 0.678. The highest BCUT2D eigenvalue weighted by Crippen LogP contribution is 2.15. The first kappa shape index (κ1) is 10.8. The molecule has 0 saturated carbocycles. The fourth-order valence-corrected chi connectivity index (χ4v) is 1.95. The van der Waals surface area contributed by atoms with E-state index in [2.05, 4.69) is 9.97 Å². The van der Waals surface area contributed by atoms with Crippen LogP contribution in [0, 0.1) is 5.82 Å². The monoisotopic (exact) mass is 241 g/mol.